The standard InChI is InChI=1S/C19H38N4O2/c1-3-20-18(21-13-17(2)14-24)22-15-19(7-5-4-6-8-19)16-23-9-11-25-12-10-23/h17,24H,3-16H2,1-2H3,(H2,20,21,22). The second-order valence-electron chi connectivity index (χ2n) is 7.81. The fraction of sp³-hybridized carbons (Fsp3) is 0.947. The van der Waals surface area contributed by atoms with E-state index in [-0.39, 0.29) is 12.5 Å². The highest BCUT2D eigenvalue weighted by Gasteiger charge is 2.34. The molecule has 1 unspecified atom stereocenters. The van der Waals surface area contributed by atoms with Crippen LogP contribution in [0.5, 0.6) is 0 Å². The molecule has 6 nitrogen and oxygen atoms in total. The van der Waals surface area contributed by atoms with E-state index >= 15 is 0 Å². The lowest BCUT2D eigenvalue weighted by atomic mass is 9.73. The van der Waals surface area contributed by atoms with Crippen LogP contribution in [0.2, 0.25) is 0 Å². The van der Waals surface area contributed by atoms with E-state index in [0.29, 0.717) is 5.41 Å². The van der Waals surface area contributed by atoms with Crippen LogP contribution in [0.3, 0.4) is 0 Å². The smallest absolute Gasteiger partial charge is 0.191 e. The summed E-state index contributed by atoms with van der Waals surface area (Å²) in [6.07, 6.45) is 6.57. The van der Waals surface area contributed by atoms with Gasteiger partial charge in [-0.3, -0.25) is 9.89 Å². The Labute approximate surface area is 153 Å². The molecule has 0 spiro atoms. The van der Waals surface area contributed by atoms with Gasteiger partial charge in [0.25, 0.3) is 0 Å². The zero-order chi connectivity index (χ0) is 18.0. The van der Waals surface area contributed by atoms with Crippen molar-refractivity contribution in [1.82, 2.24) is 15.5 Å². The summed E-state index contributed by atoms with van der Waals surface area (Å²) < 4.78 is 5.51. The molecule has 2 fully saturated rings. The first-order chi connectivity index (χ1) is 12.2. The van der Waals surface area contributed by atoms with E-state index in [2.05, 4.69) is 22.5 Å². The summed E-state index contributed by atoms with van der Waals surface area (Å²) in [7, 11) is 0. The summed E-state index contributed by atoms with van der Waals surface area (Å²) in [4.78, 5) is 7.50. The minimum atomic E-state index is 0.202. The van der Waals surface area contributed by atoms with E-state index in [1.165, 1.54) is 32.1 Å². The summed E-state index contributed by atoms with van der Waals surface area (Å²) in [5, 5.41) is 15.9. The number of ether oxygens (including phenoxy) is 1. The first kappa shape index (κ1) is 20.5. The van der Waals surface area contributed by atoms with Crippen LogP contribution < -0.4 is 10.6 Å². The molecule has 0 amide bonds. The molecule has 2 rings (SSSR count). The molecule has 2 aliphatic rings. The van der Waals surface area contributed by atoms with Gasteiger partial charge in [0.15, 0.2) is 5.96 Å². The monoisotopic (exact) mass is 354 g/mol. The predicted octanol–water partition coefficient (Wildman–Crippen LogP) is 1.45. The van der Waals surface area contributed by atoms with E-state index in [1.54, 1.807) is 0 Å². The minimum absolute atomic E-state index is 0.202. The number of aliphatic imine (C=N–C) groups is 1. The molecule has 0 radical (unpaired) electrons. The average Bonchev–Trinajstić information content (AvgIpc) is 2.65. The summed E-state index contributed by atoms with van der Waals surface area (Å²) in [5.74, 6) is 1.12. The number of guanidine groups is 1. The zero-order valence-electron chi connectivity index (χ0n) is 16.2. The molecule has 1 atom stereocenters. The number of morpholine rings is 1. The quantitative estimate of drug-likeness (QED) is 0.455. The van der Waals surface area contributed by atoms with E-state index < -0.39 is 0 Å². The first-order valence-electron chi connectivity index (χ1n) is 10.1. The zero-order valence-corrected chi connectivity index (χ0v) is 16.2. The number of aliphatic hydroxyl groups excluding tert-OH is 1. The number of rotatable bonds is 8. The summed E-state index contributed by atoms with van der Waals surface area (Å²) in [6.45, 7) is 11.8. The van der Waals surface area contributed by atoms with Gasteiger partial charge in [0.05, 0.1) is 13.2 Å². The van der Waals surface area contributed by atoms with Crippen LogP contribution in [-0.2, 0) is 4.74 Å². The van der Waals surface area contributed by atoms with Gasteiger partial charge in [-0.1, -0.05) is 26.2 Å². The van der Waals surface area contributed by atoms with Gasteiger partial charge in [-0.25, -0.2) is 0 Å². The lowest BCUT2D eigenvalue weighted by Gasteiger charge is -2.41. The molecular weight excluding hydrogens is 316 g/mol. The first-order valence-corrected chi connectivity index (χ1v) is 10.1. The Kier molecular flexibility index (Phi) is 8.99. The van der Waals surface area contributed by atoms with Crippen molar-refractivity contribution in [2.75, 3.05) is 59.1 Å². The molecule has 1 aliphatic heterocycles. The van der Waals surface area contributed by atoms with Gasteiger partial charge < -0.3 is 20.5 Å². The topological polar surface area (TPSA) is 69.1 Å². The third kappa shape index (κ3) is 7.12. The van der Waals surface area contributed by atoms with Gasteiger partial charge in [0.1, 0.15) is 0 Å². The van der Waals surface area contributed by atoms with Crippen molar-refractivity contribution in [2.45, 2.75) is 46.0 Å². The van der Waals surface area contributed by atoms with E-state index in [4.69, 9.17) is 9.73 Å². The van der Waals surface area contributed by atoms with Crippen molar-refractivity contribution in [1.29, 1.82) is 0 Å². The van der Waals surface area contributed by atoms with E-state index in [9.17, 15) is 5.11 Å². The second kappa shape index (κ2) is 11.0. The maximum Gasteiger partial charge on any atom is 0.191 e. The van der Waals surface area contributed by atoms with Crippen molar-refractivity contribution >= 4 is 5.96 Å². The van der Waals surface area contributed by atoms with Crippen LogP contribution in [0.25, 0.3) is 0 Å². The Balaban J connectivity index is 1.97. The highest BCUT2D eigenvalue weighted by molar-refractivity contribution is 5.79. The van der Waals surface area contributed by atoms with Crippen molar-refractivity contribution in [3.05, 3.63) is 0 Å². The van der Waals surface area contributed by atoms with E-state index in [1.807, 2.05) is 6.92 Å². The number of nitrogens with zero attached hydrogens (tertiary/aromatic N) is 2. The van der Waals surface area contributed by atoms with Crippen molar-refractivity contribution in [3.63, 3.8) is 0 Å². The fourth-order valence-corrected chi connectivity index (χ4v) is 3.83. The van der Waals surface area contributed by atoms with Gasteiger partial charge >= 0.3 is 0 Å². The minimum Gasteiger partial charge on any atom is -0.396 e. The molecule has 0 aromatic rings. The summed E-state index contributed by atoms with van der Waals surface area (Å²) in [5.41, 5.74) is 0.306. The van der Waals surface area contributed by atoms with Crippen LogP contribution in [0.4, 0.5) is 0 Å². The van der Waals surface area contributed by atoms with Crippen LogP contribution in [0.15, 0.2) is 4.99 Å². The molecule has 0 aromatic carbocycles. The maximum absolute atomic E-state index is 9.22. The third-order valence-electron chi connectivity index (χ3n) is 5.42. The Morgan fingerprint density at radius 2 is 1.92 bits per heavy atom. The normalized spacial score (nSPS) is 23.2. The highest BCUT2D eigenvalue weighted by atomic mass is 16.5. The highest BCUT2D eigenvalue weighted by Crippen LogP contribution is 2.37. The lowest BCUT2D eigenvalue weighted by molar-refractivity contribution is 0.00937. The van der Waals surface area contributed by atoms with Crippen molar-refractivity contribution in [2.24, 2.45) is 16.3 Å². The molecule has 1 saturated heterocycles. The van der Waals surface area contributed by atoms with Crippen molar-refractivity contribution < 1.29 is 9.84 Å². The Bertz CT molecular complexity index is 391. The molecule has 1 aliphatic carbocycles. The molecule has 6 heteroatoms. The molecule has 0 aromatic heterocycles. The number of aliphatic hydroxyl groups is 1. The van der Waals surface area contributed by atoms with Gasteiger partial charge in [-0.2, -0.15) is 0 Å². The largest absolute Gasteiger partial charge is 0.396 e. The molecule has 0 bridgehead atoms. The Morgan fingerprint density at radius 3 is 2.56 bits per heavy atom. The van der Waals surface area contributed by atoms with Crippen molar-refractivity contribution in [3.8, 4) is 0 Å². The molecule has 3 N–H and O–H groups in total. The third-order valence-corrected chi connectivity index (χ3v) is 5.42. The van der Waals surface area contributed by atoms with E-state index in [0.717, 1.165) is 58.4 Å². The predicted molar refractivity (Wildman–Crippen MR) is 103 cm³/mol. The van der Waals surface area contributed by atoms with Gasteiger partial charge in [0.2, 0.25) is 0 Å². The van der Waals surface area contributed by atoms with Gasteiger partial charge in [0, 0.05) is 51.3 Å². The van der Waals surface area contributed by atoms with Crippen LogP contribution >= 0.6 is 0 Å². The van der Waals surface area contributed by atoms with Crippen LogP contribution in [0, 0.1) is 11.3 Å². The number of nitrogens with one attached hydrogen (secondary N) is 2. The molecule has 146 valence electrons. The fourth-order valence-electron chi connectivity index (χ4n) is 3.83. The van der Waals surface area contributed by atoms with Gasteiger partial charge in [-0.05, 0) is 25.7 Å². The molecule has 1 heterocycles. The molecular formula is C19H38N4O2. The van der Waals surface area contributed by atoms with Gasteiger partial charge in [-0.15, -0.1) is 0 Å². The molecule has 1 saturated carbocycles. The number of hydrogen-bond acceptors (Lipinski definition) is 4. The SMILES string of the molecule is CCNC(=NCC1(CN2CCOCC2)CCCCC1)NCC(C)CO. The summed E-state index contributed by atoms with van der Waals surface area (Å²) in [6, 6.07) is 0. The number of hydrogen-bond donors (Lipinski definition) is 3. The molecule has 25 heavy (non-hydrogen) atoms. The maximum atomic E-state index is 9.22. The van der Waals surface area contributed by atoms with Crippen LogP contribution in [-0.4, -0.2) is 75.1 Å². The second-order valence-corrected chi connectivity index (χ2v) is 7.81. The lowest BCUT2D eigenvalue weighted by Crippen LogP contribution is -2.47. The average molecular weight is 355 g/mol. The Hall–Kier alpha value is -0.850. The van der Waals surface area contributed by atoms with Crippen LogP contribution in [0.1, 0.15) is 46.0 Å². The summed E-state index contributed by atoms with van der Waals surface area (Å²) >= 11 is 0. The Morgan fingerprint density at radius 1 is 1.20 bits per heavy atom.